The number of nitrogens with zero attached hydrogens (tertiary/aromatic N) is 2. The van der Waals surface area contributed by atoms with Crippen molar-refractivity contribution in [2.75, 3.05) is 19.5 Å². The first-order valence-electron chi connectivity index (χ1n) is 5.33. The molecule has 2 rings (SSSR count). The highest BCUT2D eigenvalue weighted by molar-refractivity contribution is 5.70. The third kappa shape index (κ3) is 2.44. The molecule has 7 heteroatoms. The van der Waals surface area contributed by atoms with Gasteiger partial charge in [-0.25, -0.2) is 4.98 Å². The van der Waals surface area contributed by atoms with Crippen LogP contribution in [0.1, 0.15) is 12.7 Å². The summed E-state index contributed by atoms with van der Waals surface area (Å²) in [6, 6.07) is 0. The second-order valence-electron chi connectivity index (χ2n) is 4.10. The second kappa shape index (κ2) is 4.54. The van der Waals surface area contributed by atoms with E-state index >= 15 is 0 Å². The lowest BCUT2D eigenvalue weighted by atomic mass is 10.1. The summed E-state index contributed by atoms with van der Waals surface area (Å²) >= 11 is 0. The average molecular weight is 237 g/mol. The van der Waals surface area contributed by atoms with Crippen molar-refractivity contribution >= 4 is 17.1 Å². The molecule has 0 aliphatic heterocycles. The molecule has 7 nitrogen and oxygen atoms in total. The van der Waals surface area contributed by atoms with E-state index in [9.17, 15) is 4.79 Å². The Balaban J connectivity index is 2.32. The number of nitrogen functional groups attached to an aromatic ring is 1. The Kier molecular flexibility index (Phi) is 3.10. The van der Waals surface area contributed by atoms with Gasteiger partial charge in [-0.2, -0.15) is 4.98 Å². The average Bonchev–Trinajstić information content (AvgIpc) is 2.60. The zero-order valence-electron chi connectivity index (χ0n) is 9.78. The lowest BCUT2D eigenvalue weighted by Crippen LogP contribution is -2.11. The highest BCUT2D eigenvalue weighted by Gasteiger charge is 2.11. The van der Waals surface area contributed by atoms with Crippen molar-refractivity contribution < 1.29 is 4.74 Å². The molecule has 2 heterocycles. The summed E-state index contributed by atoms with van der Waals surface area (Å²) in [5, 5.41) is 0. The number of imidazole rings is 1. The first-order valence-corrected chi connectivity index (χ1v) is 5.33. The van der Waals surface area contributed by atoms with Crippen molar-refractivity contribution in [1.82, 2.24) is 19.9 Å². The van der Waals surface area contributed by atoms with Crippen LogP contribution < -0.4 is 11.3 Å². The van der Waals surface area contributed by atoms with Crippen LogP contribution in [0, 0.1) is 5.92 Å². The molecule has 0 saturated carbocycles. The molecule has 0 saturated heterocycles. The molecule has 1 atom stereocenters. The minimum absolute atomic E-state index is 0.0745. The molecule has 0 spiro atoms. The van der Waals surface area contributed by atoms with Crippen LogP contribution in [0.3, 0.4) is 0 Å². The fourth-order valence-corrected chi connectivity index (χ4v) is 1.74. The summed E-state index contributed by atoms with van der Waals surface area (Å²) < 4.78 is 5.05. The number of nitrogens with two attached hydrogens (primary N) is 1. The summed E-state index contributed by atoms with van der Waals surface area (Å²) in [5.74, 6) is 1.11. The number of aromatic nitrogens is 4. The number of H-pyrrole nitrogens is 2. The van der Waals surface area contributed by atoms with Gasteiger partial charge in [0.25, 0.3) is 5.56 Å². The quantitative estimate of drug-likeness (QED) is 0.696. The van der Waals surface area contributed by atoms with E-state index in [1.807, 2.05) is 6.92 Å². The molecule has 2 aromatic heterocycles. The molecule has 0 aliphatic carbocycles. The molecule has 17 heavy (non-hydrogen) atoms. The number of nitrogens with one attached hydrogen (secondary N) is 2. The zero-order valence-corrected chi connectivity index (χ0v) is 9.78. The summed E-state index contributed by atoms with van der Waals surface area (Å²) in [4.78, 5) is 25.1. The maximum Gasteiger partial charge on any atom is 0.278 e. The molecule has 0 fully saturated rings. The molecule has 0 aromatic carbocycles. The van der Waals surface area contributed by atoms with Crippen LogP contribution in [0.5, 0.6) is 0 Å². The zero-order chi connectivity index (χ0) is 12.4. The summed E-state index contributed by atoms with van der Waals surface area (Å²) in [6.07, 6.45) is 0.698. The van der Waals surface area contributed by atoms with Crippen LogP contribution in [0.4, 0.5) is 5.95 Å². The Morgan fingerprint density at radius 3 is 2.88 bits per heavy atom. The lowest BCUT2D eigenvalue weighted by Gasteiger charge is -2.06. The Labute approximate surface area is 97.4 Å². The van der Waals surface area contributed by atoms with Gasteiger partial charge in [-0.05, 0) is 5.92 Å². The number of aromatic amines is 2. The van der Waals surface area contributed by atoms with E-state index < -0.39 is 0 Å². The monoisotopic (exact) mass is 237 g/mol. The van der Waals surface area contributed by atoms with Crippen LogP contribution in [0.15, 0.2) is 4.79 Å². The number of hydrogen-bond donors (Lipinski definition) is 3. The van der Waals surface area contributed by atoms with Crippen LogP contribution >= 0.6 is 0 Å². The van der Waals surface area contributed by atoms with E-state index in [0.717, 1.165) is 0 Å². The van der Waals surface area contributed by atoms with Gasteiger partial charge in [-0.3, -0.25) is 9.78 Å². The number of fused-ring (bicyclic) bond motifs is 1. The number of ether oxygens (including phenoxy) is 1. The van der Waals surface area contributed by atoms with Crippen LogP contribution in [-0.4, -0.2) is 33.7 Å². The van der Waals surface area contributed by atoms with Gasteiger partial charge in [0, 0.05) is 20.1 Å². The number of methoxy groups -OCH3 is 1. The molecule has 92 valence electrons. The van der Waals surface area contributed by atoms with Crippen molar-refractivity contribution in [3.63, 3.8) is 0 Å². The summed E-state index contributed by atoms with van der Waals surface area (Å²) in [5.41, 5.74) is 5.85. The fraction of sp³-hybridized carbons (Fsp3) is 0.500. The Morgan fingerprint density at radius 2 is 2.18 bits per heavy atom. The van der Waals surface area contributed by atoms with E-state index in [4.69, 9.17) is 10.5 Å². The first-order chi connectivity index (χ1) is 8.10. The molecule has 0 bridgehead atoms. The largest absolute Gasteiger partial charge is 0.384 e. The minimum Gasteiger partial charge on any atom is -0.384 e. The molecule has 0 radical (unpaired) electrons. The van der Waals surface area contributed by atoms with Crippen molar-refractivity contribution in [2.45, 2.75) is 13.3 Å². The molecule has 0 amide bonds. The van der Waals surface area contributed by atoms with Crippen molar-refractivity contribution in [3.8, 4) is 0 Å². The van der Waals surface area contributed by atoms with Gasteiger partial charge < -0.3 is 15.5 Å². The molecule has 2 aromatic rings. The highest BCUT2D eigenvalue weighted by atomic mass is 16.5. The van der Waals surface area contributed by atoms with Gasteiger partial charge in [0.2, 0.25) is 5.95 Å². The SMILES string of the molecule is COCC(C)Cc1nc2nc(N)[nH]c(=O)c2[nH]1. The molecule has 1 unspecified atom stereocenters. The minimum atomic E-state index is -0.300. The number of anilines is 1. The Morgan fingerprint density at radius 1 is 1.41 bits per heavy atom. The smallest absolute Gasteiger partial charge is 0.278 e. The van der Waals surface area contributed by atoms with Gasteiger partial charge in [-0.15, -0.1) is 0 Å². The number of rotatable bonds is 4. The van der Waals surface area contributed by atoms with Crippen molar-refractivity contribution in [2.24, 2.45) is 5.92 Å². The first kappa shape index (κ1) is 11.6. The third-order valence-corrected chi connectivity index (χ3v) is 2.42. The van der Waals surface area contributed by atoms with Gasteiger partial charge in [0.1, 0.15) is 5.82 Å². The normalized spacial score (nSPS) is 13.1. The highest BCUT2D eigenvalue weighted by Crippen LogP contribution is 2.09. The van der Waals surface area contributed by atoms with E-state index in [-0.39, 0.29) is 11.5 Å². The Hall–Kier alpha value is -1.89. The molecule has 0 aliphatic rings. The van der Waals surface area contributed by atoms with Gasteiger partial charge in [-0.1, -0.05) is 6.92 Å². The summed E-state index contributed by atoms with van der Waals surface area (Å²) in [7, 11) is 1.65. The fourth-order valence-electron chi connectivity index (χ4n) is 1.74. The van der Waals surface area contributed by atoms with Crippen LogP contribution in [0.2, 0.25) is 0 Å². The molecular weight excluding hydrogens is 222 g/mol. The van der Waals surface area contributed by atoms with E-state index in [0.29, 0.717) is 35.9 Å². The predicted octanol–water partition coefficient (Wildman–Crippen LogP) is 0.0534. The summed E-state index contributed by atoms with van der Waals surface area (Å²) in [6.45, 7) is 2.69. The molecule has 4 N–H and O–H groups in total. The van der Waals surface area contributed by atoms with E-state index in [1.54, 1.807) is 7.11 Å². The van der Waals surface area contributed by atoms with E-state index in [1.165, 1.54) is 0 Å². The van der Waals surface area contributed by atoms with Gasteiger partial charge in [0.15, 0.2) is 11.2 Å². The Bertz CT molecular complexity index is 574. The third-order valence-electron chi connectivity index (χ3n) is 2.42. The second-order valence-corrected chi connectivity index (χ2v) is 4.10. The van der Waals surface area contributed by atoms with Gasteiger partial charge in [0.05, 0.1) is 0 Å². The maximum atomic E-state index is 11.6. The van der Waals surface area contributed by atoms with Crippen molar-refractivity contribution in [1.29, 1.82) is 0 Å². The standard InChI is InChI=1S/C10H15N5O2/c1-5(4-17-2)3-6-12-7-8(13-6)14-10(11)15-9(7)16/h5H,3-4H2,1-2H3,(H4,11,12,13,14,15,16). The number of hydrogen-bond acceptors (Lipinski definition) is 5. The van der Waals surface area contributed by atoms with E-state index in [2.05, 4.69) is 19.9 Å². The topological polar surface area (TPSA) is 110 Å². The molecular formula is C10H15N5O2. The van der Waals surface area contributed by atoms with Crippen molar-refractivity contribution in [3.05, 3.63) is 16.2 Å². The predicted molar refractivity (Wildman–Crippen MR) is 63.7 cm³/mol. The maximum absolute atomic E-state index is 11.6. The van der Waals surface area contributed by atoms with Gasteiger partial charge >= 0.3 is 0 Å². The van der Waals surface area contributed by atoms with Crippen LogP contribution in [-0.2, 0) is 11.2 Å². The van der Waals surface area contributed by atoms with Crippen LogP contribution in [0.25, 0.3) is 11.2 Å². The lowest BCUT2D eigenvalue weighted by molar-refractivity contribution is 0.159.